The Morgan fingerprint density at radius 1 is 0.865 bits per heavy atom. The van der Waals surface area contributed by atoms with Gasteiger partial charge in [-0.2, -0.15) is 0 Å². The van der Waals surface area contributed by atoms with Crippen LogP contribution in [0.25, 0.3) is 22.2 Å². The largest absolute Gasteiger partial charge is 0.457 e. The molecule has 0 bridgehead atoms. The number of anilines is 2. The van der Waals surface area contributed by atoms with Gasteiger partial charge in [0, 0.05) is 31.3 Å². The Balaban J connectivity index is 1.14. The summed E-state index contributed by atoms with van der Waals surface area (Å²) in [5.41, 5.74) is 7.85. The Bertz CT molecular complexity index is 1640. The van der Waals surface area contributed by atoms with Gasteiger partial charge in [-0.05, 0) is 65.4 Å². The molecule has 2 aliphatic rings. The first-order valence-corrected chi connectivity index (χ1v) is 12.6. The van der Waals surface area contributed by atoms with E-state index in [0.717, 1.165) is 59.1 Å². The summed E-state index contributed by atoms with van der Waals surface area (Å²) in [6, 6.07) is 24.9. The Morgan fingerprint density at radius 2 is 1.78 bits per heavy atom. The SMILES string of the molecule is O=C1CCc2c(Oc3ccc4c(c3)CN(c3nc5cc(-c6ccccc6)ccc5[nH]3)CC4)ccnc2N1. The zero-order valence-corrected chi connectivity index (χ0v) is 20.2. The first kappa shape index (κ1) is 21.6. The van der Waals surface area contributed by atoms with Crippen molar-refractivity contribution in [1.82, 2.24) is 15.0 Å². The molecule has 182 valence electrons. The third-order valence-electron chi connectivity index (χ3n) is 7.17. The molecule has 37 heavy (non-hydrogen) atoms. The molecule has 0 saturated heterocycles. The second-order valence-electron chi connectivity index (χ2n) is 9.55. The summed E-state index contributed by atoms with van der Waals surface area (Å²) in [6.07, 6.45) is 3.68. The summed E-state index contributed by atoms with van der Waals surface area (Å²) in [5, 5.41) is 2.84. The van der Waals surface area contributed by atoms with E-state index >= 15 is 0 Å². The van der Waals surface area contributed by atoms with Gasteiger partial charge < -0.3 is 19.9 Å². The van der Waals surface area contributed by atoms with Gasteiger partial charge in [0.05, 0.1) is 11.0 Å². The quantitative estimate of drug-likeness (QED) is 0.332. The lowest BCUT2D eigenvalue weighted by Crippen LogP contribution is -2.31. The van der Waals surface area contributed by atoms with Crippen LogP contribution in [0, 0.1) is 0 Å². The van der Waals surface area contributed by atoms with Crippen molar-refractivity contribution in [2.24, 2.45) is 0 Å². The molecule has 2 N–H and O–H groups in total. The van der Waals surface area contributed by atoms with Crippen molar-refractivity contribution in [2.75, 3.05) is 16.8 Å². The van der Waals surface area contributed by atoms with E-state index in [1.807, 2.05) is 18.2 Å². The highest BCUT2D eigenvalue weighted by molar-refractivity contribution is 5.93. The van der Waals surface area contributed by atoms with Gasteiger partial charge in [0.25, 0.3) is 0 Å². The van der Waals surface area contributed by atoms with Crippen LogP contribution in [-0.2, 0) is 24.2 Å². The zero-order valence-electron chi connectivity index (χ0n) is 20.2. The van der Waals surface area contributed by atoms with Crippen molar-refractivity contribution in [3.8, 4) is 22.6 Å². The molecule has 0 spiro atoms. The number of imidazole rings is 1. The Kier molecular flexibility index (Phi) is 5.13. The molecule has 0 aliphatic carbocycles. The van der Waals surface area contributed by atoms with Gasteiger partial charge >= 0.3 is 0 Å². The van der Waals surface area contributed by atoms with Crippen LogP contribution in [0.1, 0.15) is 23.1 Å². The van der Waals surface area contributed by atoms with E-state index in [1.165, 1.54) is 16.7 Å². The fraction of sp³-hybridized carbons (Fsp3) is 0.167. The molecule has 1 amide bonds. The number of H-pyrrole nitrogens is 1. The number of nitrogens with one attached hydrogen (secondary N) is 2. The fourth-order valence-corrected chi connectivity index (χ4v) is 5.21. The summed E-state index contributed by atoms with van der Waals surface area (Å²) in [6.45, 7) is 1.65. The number of hydrogen-bond donors (Lipinski definition) is 2. The van der Waals surface area contributed by atoms with Gasteiger partial charge in [0.1, 0.15) is 17.3 Å². The minimum absolute atomic E-state index is 0.00658. The molecular formula is C30H25N5O2. The molecule has 2 aliphatic heterocycles. The number of hydrogen-bond acceptors (Lipinski definition) is 5. The van der Waals surface area contributed by atoms with E-state index in [2.05, 4.69) is 74.8 Å². The number of fused-ring (bicyclic) bond motifs is 3. The molecule has 7 heteroatoms. The second kappa shape index (κ2) is 8.78. The third-order valence-corrected chi connectivity index (χ3v) is 7.17. The van der Waals surface area contributed by atoms with Crippen LogP contribution in [0.5, 0.6) is 11.5 Å². The molecule has 4 heterocycles. The van der Waals surface area contributed by atoms with Crippen LogP contribution in [0.3, 0.4) is 0 Å². The number of carbonyl (C=O) groups excluding carboxylic acids is 1. The normalized spacial score (nSPS) is 14.7. The smallest absolute Gasteiger partial charge is 0.225 e. The number of amides is 1. The maximum atomic E-state index is 11.7. The van der Waals surface area contributed by atoms with Gasteiger partial charge in [-0.1, -0.05) is 42.5 Å². The predicted molar refractivity (Wildman–Crippen MR) is 144 cm³/mol. The Morgan fingerprint density at radius 3 is 2.70 bits per heavy atom. The van der Waals surface area contributed by atoms with Crippen LogP contribution < -0.4 is 15.0 Å². The standard InChI is InChI=1S/C30H25N5O2/c36-28-11-9-24-27(12-14-31-29(24)34-28)37-23-8-6-20-13-15-35(18-22(20)16-23)30-32-25-10-7-21(17-26(25)33-30)19-4-2-1-3-5-19/h1-8,10,12,14,16-17H,9,11,13,15,18H2,(H,32,33)(H,31,34,36). The Labute approximate surface area is 214 Å². The second-order valence-corrected chi connectivity index (χ2v) is 9.55. The molecule has 5 aromatic rings. The lowest BCUT2D eigenvalue weighted by Gasteiger charge is -2.29. The van der Waals surface area contributed by atoms with Crippen molar-refractivity contribution >= 4 is 28.7 Å². The number of carbonyl (C=O) groups is 1. The number of pyridine rings is 1. The summed E-state index contributed by atoms with van der Waals surface area (Å²) in [7, 11) is 0. The van der Waals surface area contributed by atoms with Crippen LogP contribution in [0.15, 0.2) is 79.0 Å². The highest BCUT2D eigenvalue weighted by Crippen LogP contribution is 2.34. The number of ether oxygens (including phenoxy) is 1. The molecule has 7 nitrogen and oxygen atoms in total. The number of rotatable bonds is 4. The third kappa shape index (κ3) is 4.08. The van der Waals surface area contributed by atoms with Gasteiger partial charge in [0.15, 0.2) is 0 Å². The lowest BCUT2D eigenvalue weighted by molar-refractivity contribution is -0.116. The predicted octanol–water partition coefficient (Wildman–Crippen LogP) is 5.86. The summed E-state index contributed by atoms with van der Waals surface area (Å²) in [4.78, 5) is 26.8. The first-order chi connectivity index (χ1) is 18.2. The van der Waals surface area contributed by atoms with Crippen LogP contribution >= 0.6 is 0 Å². The van der Waals surface area contributed by atoms with Crippen molar-refractivity contribution in [1.29, 1.82) is 0 Å². The van der Waals surface area contributed by atoms with Crippen molar-refractivity contribution < 1.29 is 9.53 Å². The van der Waals surface area contributed by atoms with Crippen molar-refractivity contribution in [2.45, 2.75) is 25.8 Å². The van der Waals surface area contributed by atoms with E-state index in [1.54, 1.807) is 6.20 Å². The molecular weight excluding hydrogens is 462 g/mol. The molecule has 0 fully saturated rings. The van der Waals surface area contributed by atoms with Crippen molar-refractivity contribution in [3.05, 3.63) is 95.7 Å². The molecule has 0 atom stereocenters. The van der Waals surface area contributed by atoms with Gasteiger partial charge in [-0.3, -0.25) is 4.79 Å². The summed E-state index contributed by atoms with van der Waals surface area (Å²) in [5.74, 6) is 2.99. The minimum atomic E-state index is -0.00658. The molecule has 0 unspecified atom stereocenters. The van der Waals surface area contributed by atoms with Crippen LogP contribution in [0.2, 0.25) is 0 Å². The van der Waals surface area contributed by atoms with Crippen molar-refractivity contribution in [3.63, 3.8) is 0 Å². The Hall–Kier alpha value is -4.65. The average Bonchev–Trinajstić information content (AvgIpc) is 3.37. The number of aromatic amines is 1. The first-order valence-electron chi connectivity index (χ1n) is 12.6. The number of aromatic nitrogens is 3. The van der Waals surface area contributed by atoms with Gasteiger partial charge in [0.2, 0.25) is 11.9 Å². The van der Waals surface area contributed by atoms with E-state index in [0.29, 0.717) is 18.7 Å². The number of benzene rings is 3. The topological polar surface area (TPSA) is 83.1 Å². The lowest BCUT2D eigenvalue weighted by atomic mass is 9.99. The van der Waals surface area contributed by atoms with Gasteiger partial charge in [-0.15, -0.1) is 0 Å². The monoisotopic (exact) mass is 487 g/mol. The maximum absolute atomic E-state index is 11.7. The van der Waals surface area contributed by atoms with E-state index < -0.39 is 0 Å². The highest BCUT2D eigenvalue weighted by Gasteiger charge is 2.22. The van der Waals surface area contributed by atoms with E-state index in [4.69, 9.17) is 9.72 Å². The van der Waals surface area contributed by atoms with Gasteiger partial charge in [-0.25, -0.2) is 9.97 Å². The molecule has 7 rings (SSSR count). The zero-order chi connectivity index (χ0) is 24.8. The molecule has 3 aromatic carbocycles. The van der Waals surface area contributed by atoms with Crippen LogP contribution in [-0.4, -0.2) is 27.4 Å². The molecule has 2 aromatic heterocycles. The minimum Gasteiger partial charge on any atom is -0.457 e. The van der Waals surface area contributed by atoms with Crippen LogP contribution in [0.4, 0.5) is 11.8 Å². The summed E-state index contributed by atoms with van der Waals surface area (Å²) >= 11 is 0. The van der Waals surface area contributed by atoms with E-state index in [9.17, 15) is 4.79 Å². The fourth-order valence-electron chi connectivity index (χ4n) is 5.21. The summed E-state index contributed by atoms with van der Waals surface area (Å²) < 4.78 is 6.29. The molecule has 0 radical (unpaired) electrons. The highest BCUT2D eigenvalue weighted by atomic mass is 16.5. The van der Waals surface area contributed by atoms with E-state index in [-0.39, 0.29) is 5.91 Å². The maximum Gasteiger partial charge on any atom is 0.225 e. The average molecular weight is 488 g/mol. The number of nitrogens with zero attached hydrogens (tertiary/aromatic N) is 3. The molecule has 0 saturated carbocycles.